The quantitative estimate of drug-likeness (QED) is 0.457. The third-order valence-corrected chi connectivity index (χ3v) is 4.38. The van der Waals surface area contributed by atoms with E-state index in [2.05, 4.69) is 48.2 Å². The summed E-state index contributed by atoms with van der Waals surface area (Å²) in [6.45, 7) is 8.36. The van der Waals surface area contributed by atoms with Gasteiger partial charge in [-0.05, 0) is 36.2 Å². The van der Waals surface area contributed by atoms with E-state index in [0.29, 0.717) is 5.92 Å². The SMILES string of the molecule is CC.CC(C)c1cc2cc(Cl)c(-c3cc4ccncn4c3)cc2[nH]1. The van der Waals surface area contributed by atoms with Crippen molar-refractivity contribution in [2.45, 2.75) is 33.6 Å². The van der Waals surface area contributed by atoms with Crippen molar-refractivity contribution in [2.24, 2.45) is 0 Å². The summed E-state index contributed by atoms with van der Waals surface area (Å²) in [6, 6.07) is 10.5. The Balaban J connectivity index is 0.000000815. The molecule has 124 valence electrons. The molecule has 1 aromatic carbocycles. The molecule has 4 heteroatoms. The van der Waals surface area contributed by atoms with Crippen molar-refractivity contribution >= 4 is 28.0 Å². The van der Waals surface area contributed by atoms with E-state index in [-0.39, 0.29) is 0 Å². The molecule has 0 bridgehead atoms. The average Bonchev–Trinajstić information content (AvgIpc) is 3.19. The summed E-state index contributed by atoms with van der Waals surface area (Å²) < 4.78 is 2.00. The third-order valence-electron chi connectivity index (χ3n) is 4.06. The molecule has 3 nitrogen and oxygen atoms in total. The zero-order valence-electron chi connectivity index (χ0n) is 14.5. The Kier molecular flexibility index (Phi) is 4.63. The monoisotopic (exact) mass is 339 g/mol. The number of benzene rings is 1. The van der Waals surface area contributed by atoms with E-state index in [9.17, 15) is 0 Å². The summed E-state index contributed by atoms with van der Waals surface area (Å²) in [4.78, 5) is 7.63. The van der Waals surface area contributed by atoms with Gasteiger partial charge in [-0.15, -0.1) is 0 Å². The topological polar surface area (TPSA) is 33.1 Å². The zero-order chi connectivity index (χ0) is 17.3. The Morgan fingerprint density at radius 2 is 1.92 bits per heavy atom. The van der Waals surface area contributed by atoms with Gasteiger partial charge in [-0.25, -0.2) is 4.98 Å². The number of halogens is 1. The minimum Gasteiger partial charge on any atom is -0.358 e. The van der Waals surface area contributed by atoms with Crippen LogP contribution in [-0.4, -0.2) is 14.4 Å². The molecule has 3 heterocycles. The average molecular weight is 340 g/mol. The molecule has 0 aliphatic carbocycles. The first kappa shape index (κ1) is 16.6. The van der Waals surface area contributed by atoms with Crippen molar-refractivity contribution < 1.29 is 0 Å². The van der Waals surface area contributed by atoms with Crippen molar-refractivity contribution in [3.05, 3.63) is 59.8 Å². The highest BCUT2D eigenvalue weighted by Gasteiger charge is 2.11. The fourth-order valence-electron chi connectivity index (χ4n) is 2.81. The van der Waals surface area contributed by atoms with E-state index in [0.717, 1.165) is 32.6 Å². The molecule has 0 atom stereocenters. The Morgan fingerprint density at radius 1 is 1.12 bits per heavy atom. The summed E-state index contributed by atoms with van der Waals surface area (Å²) in [7, 11) is 0. The van der Waals surface area contributed by atoms with Crippen LogP contribution in [0.3, 0.4) is 0 Å². The van der Waals surface area contributed by atoms with Crippen LogP contribution < -0.4 is 0 Å². The van der Waals surface area contributed by atoms with Gasteiger partial charge in [-0.3, -0.25) is 0 Å². The predicted molar refractivity (Wildman–Crippen MR) is 103 cm³/mol. The van der Waals surface area contributed by atoms with Gasteiger partial charge in [0.05, 0.1) is 6.33 Å². The molecule has 0 aliphatic rings. The van der Waals surface area contributed by atoms with E-state index in [1.807, 2.05) is 30.4 Å². The molecule has 4 rings (SSSR count). The molecule has 0 aliphatic heterocycles. The first-order valence-corrected chi connectivity index (χ1v) is 8.74. The van der Waals surface area contributed by atoms with Gasteiger partial charge in [0.15, 0.2) is 0 Å². The second kappa shape index (κ2) is 6.70. The summed E-state index contributed by atoms with van der Waals surface area (Å²) in [5, 5.41) is 1.92. The van der Waals surface area contributed by atoms with Crippen molar-refractivity contribution in [1.29, 1.82) is 0 Å². The van der Waals surface area contributed by atoms with Gasteiger partial charge in [0.25, 0.3) is 0 Å². The van der Waals surface area contributed by atoms with E-state index in [4.69, 9.17) is 11.6 Å². The molecular formula is C20H22ClN3. The first-order chi connectivity index (χ1) is 11.6. The van der Waals surface area contributed by atoms with Gasteiger partial charge in [-0.1, -0.05) is 39.3 Å². The molecule has 0 radical (unpaired) electrons. The van der Waals surface area contributed by atoms with E-state index < -0.39 is 0 Å². The van der Waals surface area contributed by atoms with E-state index in [1.165, 1.54) is 5.69 Å². The maximum absolute atomic E-state index is 6.52. The number of hydrogen-bond donors (Lipinski definition) is 1. The van der Waals surface area contributed by atoms with Crippen LogP contribution in [0.25, 0.3) is 27.5 Å². The minimum absolute atomic E-state index is 0.470. The lowest BCUT2D eigenvalue weighted by atomic mass is 10.1. The van der Waals surface area contributed by atoms with Gasteiger partial charge >= 0.3 is 0 Å². The van der Waals surface area contributed by atoms with Crippen LogP contribution in [0.1, 0.15) is 39.3 Å². The van der Waals surface area contributed by atoms with Crippen molar-refractivity contribution in [3.8, 4) is 11.1 Å². The highest BCUT2D eigenvalue weighted by molar-refractivity contribution is 6.34. The second-order valence-corrected chi connectivity index (χ2v) is 6.35. The Labute approximate surface area is 147 Å². The highest BCUT2D eigenvalue weighted by atomic mass is 35.5. The van der Waals surface area contributed by atoms with Gasteiger partial charge in [0.2, 0.25) is 0 Å². The number of rotatable bonds is 2. The summed E-state index contributed by atoms with van der Waals surface area (Å²) in [6.07, 6.45) is 5.66. The van der Waals surface area contributed by atoms with Crippen molar-refractivity contribution in [3.63, 3.8) is 0 Å². The van der Waals surface area contributed by atoms with Crippen LogP contribution in [0.15, 0.2) is 49.1 Å². The normalized spacial score (nSPS) is 11.1. The molecule has 0 fully saturated rings. The Hall–Kier alpha value is -2.26. The van der Waals surface area contributed by atoms with Crippen molar-refractivity contribution in [2.75, 3.05) is 0 Å². The van der Waals surface area contributed by atoms with Crippen LogP contribution in [-0.2, 0) is 0 Å². The predicted octanol–water partition coefficient (Wildman–Crippen LogP) is 6.29. The maximum atomic E-state index is 6.52. The molecule has 0 saturated heterocycles. The third kappa shape index (κ3) is 2.92. The number of fused-ring (bicyclic) bond motifs is 2. The molecular weight excluding hydrogens is 318 g/mol. The fraction of sp³-hybridized carbons (Fsp3) is 0.250. The number of hydrogen-bond acceptors (Lipinski definition) is 1. The van der Waals surface area contributed by atoms with Crippen LogP contribution >= 0.6 is 11.6 Å². The molecule has 0 saturated carbocycles. The molecule has 0 amide bonds. The molecule has 0 unspecified atom stereocenters. The van der Waals surface area contributed by atoms with Gasteiger partial charge in [0.1, 0.15) is 0 Å². The number of nitrogens with zero attached hydrogens (tertiary/aromatic N) is 2. The first-order valence-electron chi connectivity index (χ1n) is 8.36. The minimum atomic E-state index is 0.470. The second-order valence-electron chi connectivity index (χ2n) is 5.94. The Bertz CT molecular complexity index is 946. The number of aromatic nitrogens is 3. The molecule has 24 heavy (non-hydrogen) atoms. The molecule has 4 aromatic rings. The molecule has 1 N–H and O–H groups in total. The van der Waals surface area contributed by atoms with Crippen molar-refractivity contribution in [1.82, 2.24) is 14.4 Å². The highest BCUT2D eigenvalue weighted by Crippen LogP contribution is 2.34. The van der Waals surface area contributed by atoms with E-state index >= 15 is 0 Å². The summed E-state index contributed by atoms with van der Waals surface area (Å²) in [5.41, 5.74) is 5.59. The van der Waals surface area contributed by atoms with Crippen LogP contribution in [0.2, 0.25) is 5.02 Å². The number of H-pyrrole nitrogens is 1. The lowest BCUT2D eigenvalue weighted by Gasteiger charge is -2.02. The van der Waals surface area contributed by atoms with Crippen LogP contribution in [0, 0.1) is 0 Å². The Morgan fingerprint density at radius 3 is 2.62 bits per heavy atom. The van der Waals surface area contributed by atoms with Crippen LogP contribution in [0.5, 0.6) is 0 Å². The number of aromatic amines is 1. The summed E-state index contributed by atoms with van der Waals surface area (Å²) >= 11 is 6.52. The van der Waals surface area contributed by atoms with Gasteiger partial charge in [0, 0.05) is 50.7 Å². The molecule has 3 aromatic heterocycles. The lowest BCUT2D eigenvalue weighted by molar-refractivity contribution is 0.836. The van der Waals surface area contributed by atoms with Crippen LogP contribution in [0.4, 0.5) is 0 Å². The summed E-state index contributed by atoms with van der Waals surface area (Å²) in [5.74, 6) is 0.470. The molecule has 0 spiro atoms. The van der Waals surface area contributed by atoms with Gasteiger partial charge in [-0.2, -0.15) is 0 Å². The standard InChI is InChI=1S/C18H16ClN3.C2H6/c1-11(2)17-7-12-6-16(19)15(8-18(12)21-17)13-5-14-3-4-20-10-22(14)9-13;1-2/h3-11,21H,1-2H3;1-2H3. The smallest absolute Gasteiger partial charge is 0.0990 e. The zero-order valence-corrected chi connectivity index (χ0v) is 15.2. The maximum Gasteiger partial charge on any atom is 0.0990 e. The lowest BCUT2D eigenvalue weighted by Crippen LogP contribution is -1.84. The van der Waals surface area contributed by atoms with Gasteiger partial charge < -0.3 is 9.38 Å². The fourth-order valence-corrected chi connectivity index (χ4v) is 3.10. The number of nitrogens with one attached hydrogen (secondary N) is 1. The largest absolute Gasteiger partial charge is 0.358 e. The van der Waals surface area contributed by atoms with E-state index in [1.54, 1.807) is 12.5 Å².